The summed E-state index contributed by atoms with van der Waals surface area (Å²) >= 11 is 0. The summed E-state index contributed by atoms with van der Waals surface area (Å²) in [7, 11) is 2.55. The number of esters is 2. The van der Waals surface area contributed by atoms with Crippen LogP contribution < -0.4 is 0 Å². The molecule has 29 heavy (non-hydrogen) atoms. The Morgan fingerprint density at radius 3 is 2.00 bits per heavy atom. The van der Waals surface area contributed by atoms with Crippen molar-refractivity contribution in [1.29, 1.82) is 0 Å². The van der Waals surface area contributed by atoms with Gasteiger partial charge in [-0.05, 0) is 42.9 Å². The number of Topliss-reactive ketones (excluding diaryl/α,β-unsaturated/α-hetero) is 1. The molecule has 0 saturated heterocycles. The Hall–Kier alpha value is -2.95. The van der Waals surface area contributed by atoms with E-state index in [9.17, 15) is 14.4 Å². The fourth-order valence-electron chi connectivity index (χ4n) is 5.25. The van der Waals surface area contributed by atoms with Crippen molar-refractivity contribution in [3.63, 3.8) is 0 Å². The van der Waals surface area contributed by atoms with Gasteiger partial charge < -0.3 is 9.47 Å². The van der Waals surface area contributed by atoms with Crippen LogP contribution in [0, 0.1) is 16.7 Å². The monoisotopic (exact) mass is 394 g/mol. The van der Waals surface area contributed by atoms with Gasteiger partial charge in [0, 0.05) is 11.3 Å². The zero-order chi connectivity index (χ0) is 21.4. The molecule has 0 radical (unpaired) electrons. The van der Waals surface area contributed by atoms with Gasteiger partial charge in [0.05, 0.1) is 14.2 Å². The molecule has 0 bridgehead atoms. The minimum atomic E-state index is -1.56. The van der Waals surface area contributed by atoms with E-state index in [-0.39, 0.29) is 18.1 Å². The Labute approximate surface area is 171 Å². The van der Waals surface area contributed by atoms with Gasteiger partial charge in [-0.2, -0.15) is 0 Å². The summed E-state index contributed by atoms with van der Waals surface area (Å²) in [5, 5.41) is 0. The maximum absolute atomic E-state index is 13.2. The highest BCUT2D eigenvalue weighted by atomic mass is 16.5. The molecule has 0 aromatic heterocycles. The van der Waals surface area contributed by atoms with Crippen LogP contribution in [0.3, 0.4) is 0 Å². The van der Waals surface area contributed by atoms with Gasteiger partial charge in [0.15, 0.2) is 11.2 Å². The lowest BCUT2D eigenvalue weighted by Gasteiger charge is -2.41. The third-order valence-corrected chi connectivity index (χ3v) is 6.34. The van der Waals surface area contributed by atoms with E-state index in [2.05, 4.69) is 6.58 Å². The van der Waals surface area contributed by atoms with Crippen molar-refractivity contribution in [3.8, 4) is 0 Å². The molecule has 5 nitrogen and oxygen atoms in total. The van der Waals surface area contributed by atoms with E-state index in [4.69, 9.17) is 9.47 Å². The van der Waals surface area contributed by atoms with Crippen molar-refractivity contribution in [2.75, 3.05) is 14.2 Å². The van der Waals surface area contributed by atoms with Crippen LogP contribution in [0.2, 0.25) is 0 Å². The van der Waals surface area contributed by atoms with Gasteiger partial charge in [-0.1, -0.05) is 48.6 Å². The Bertz CT molecular complexity index is 884. The number of ketones is 1. The van der Waals surface area contributed by atoms with Gasteiger partial charge in [-0.25, -0.2) is 0 Å². The van der Waals surface area contributed by atoms with E-state index in [0.717, 1.165) is 5.56 Å². The average molecular weight is 394 g/mol. The number of allylic oxidation sites excluding steroid dienone is 5. The lowest BCUT2D eigenvalue weighted by Crippen LogP contribution is -2.46. The van der Waals surface area contributed by atoms with E-state index in [1.807, 2.05) is 42.5 Å². The molecule has 1 saturated carbocycles. The topological polar surface area (TPSA) is 69.7 Å². The fraction of sp³-hybridized carbons (Fsp3) is 0.375. The number of benzene rings is 1. The standard InChI is InChI=1S/C24H26O5/c1-6-18-14-24(21(26)28-4,22(27)29-5)20(17-10-8-7-9-11-17)23(18)12-15(2)19(25)16(3)13-23/h6-13,18,20H,1,14H2,2-5H3/t18-,20-/m0/s1. The second-order valence-electron chi connectivity index (χ2n) is 7.83. The van der Waals surface area contributed by atoms with Crippen LogP contribution in [0.1, 0.15) is 31.7 Å². The zero-order valence-corrected chi connectivity index (χ0v) is 17.2. The predicted molar refractivity (Wildman–Crippen MR) is 109 cm³/mol. The van der Waals surface area contributed by atoms with Gasteiger partial charge >= 0.3 is 11.9 Å². The average Bonchev–Trinajstić information content (AvgIpc) is 3.01. The van der Waals surface area contributed by atoms with Crippen LogP contribution in [-0.2, 0) is 23.9 Å². The molecule has 2 aliphatic carbocycles. The van der Waals surface area contributed by atoms with Crippen LogP contribution in [0.15, 0.2) is 66.3 Å². The first-order chi connectivity index (χ1) is 13.8. The molecule has 0 unspecified atom stereocenters. The summed E-state index contributed by atoms with van der Waals surface area (Å²) < 4.78 is 10.3. The second kappa shape index (κ2) is 7.47. The maximum Gasteiger partial charge on any atom is 0.323 e. The Morgan fingerprint density at radius 2 is 1.55 bits per heavy atom. The lowest BCUT2D eigenvalue weighted by molar-refractivity contribution is -0.170. The van der Waals surface area contributed by atoms with Crippen LogP contribution in [-0.4, -0.2) is 31.9 Å². The van der Waals surface area contributed by atoms with Crippen molar-refractivity contribution in [1.82, 2.24) is 0 Å². The molecular weight excluding hydrogens is 368 g/mol. The van der Waals surface area contributed by atoms with Gasteiger partial charge in [0.25, 0.3) is 0 Å². The normalized spacial score (nSPS) is 24.5. The van der Waals surface area contributed by atoms with Gasteiger partial charge in [-0.15, -0.1) is 6.58 Å². The first-order valence-corrected chi connectivity index (χ1v) is 9.56. The molecule has 0 N–H and O–H groups in total. The molecular formula is C24H26O5. The van der Waals surface area contributed by atoms with Crippen molar-refractivity contribution >= 4 is 17.7 Å². The van der Waals surface area contributed by atoms with Crippen molar-refractivity contribution in [2.45, 2.75) is 26.2 Å². The minimum absolute atomic E-state index is 0.0427. The molecule has 0 amide bonds. The molecule has 0 aliphatic heterocycles. The third kappa shape index (κ3) is 2.87. The van der Waals surface area contributed by atoms with Crippen LogP contribution >= 0.6 is 0 Å². The summed E-state index contributed by atoms with van der Waals surface area (Å²) in [6.45, 7) is 7.50. The van der Waals surface area contributed by atoms with Gasteiger partial charge in [0.2, 0.25) is 0 Å². The van der Waals surface area contributed by atoms with E-state index >= 15 is 0 Å². The Balaban J connectivity index is 2.41. The highest BCUT2D eigenvalue weighted by Gasteiger charge is 2.69. The molecule has 3 rings (SSSR count). The number of ether oxygens (including phenoxy) is 2. The van der Waals surface area contributed by atoms with Gasteiger partial charge in [0.1, 0.15) is 0 Å². The van der Waals surface area contributed by atoms with Crippen LogP contribution in [0.5, 0.6) is 0 Å². The summed E-state index contributed by atoms with van der Waals surface area (Å²) in [6.07, 6.45) is 5.71. The summed E-state index contributed by atoms with van der Waals surface area (Å²) in [4.78, 5) is 38.8. The molecule has 2 atom stereocenters. The quantitative estimate of drug-likeness (QED) is 0.442. The number of hydrogen-bond donors (Lipinski definition) is 0. The smallest absolute Gasteiger partial charge is 0.323 e. The number of carbonyl (C=O) groups is 3. The highest BCUT2D eigenvalue weighted by Crippen LogP contribution is 2.66. The van der Waals surface area contributed by atoms with E-state index < -0.39 is 28.7 Å². The second-order valence-corrected chi connectivity index (χ2v) is 7.83. The first-order valence-electron chi connectivity index (χ1n) is 9.56. The molecule has 1 spiro atoms. The van der Waals surface area contributed by atoms with Crippen molar-refractivity contribution in [2.24, 2.45) is 16.7 Å². The predicted octanol–water partition coefficient (Wildman–Crippen LogP) is 3.77. The summed E-state index contributed by atoms with van der Waals surface area (Å²) in [5.74, 6) is -2.22. The molecule has 1 aromatic rings. The van der Waals surface area contributed by atoms with Crippen molar-refractivity contribution in [3.05, 3.63) is 71.8 Å². The summed E-state index contributed by atoms with van der Waals surface area (Å²) in [6, 6.07) is 9.39. The van der Waals surface area contributed by atoms with E-state index in [1.54, 1.807) is 19.9 Å². The SMILES string of the molecule is C=C[C@H]1CC(C(=O)OC)(C(=O)OC)[C@@H](c2ccccc2)C12C=C(C)C(=O)C(C)=C2. The largest absolute Gasteiger partial charge is 0.468 e. The first kappa shape index (κ1) is 20.8. The third-order valence-electron chi connectivity index (χ3n) is 6.34. The highest BCUT2D eigenvalue weighted by molar-refractivity contribution is 6.09. The Kier molecular flexibility index (Phi) is 5.35. The number of methoxy groups -OCH3 is 2. The number of carbonyl (C=O) groups excluding carboxylic acids is 3. The number of hydrogen-bond acceptors (Lipinski definition) is 5. The van der Waals surface area contributed by atoms with Crippen LogP contribution in [0.4, 0.5) is 0 Å². The van der Waals surface area contributed by atoms with Crippen molar-refractivity contribution < 1.29 is 23.9 Å². The molecule has 5 heteroatoms. The van der Waals surface area contributed by atoms with E-state index in [1.165, 1.54) is 14.2 Å². The Morgan fingerprint density at radius 1 is 1.03 bits per heavy atom. The number of rotatable bonds is 4. The summed E-state index contributed by atoms with van der Waals surface area (Å²) in [5.41, 5.74) is -0.368. The fourth-order valence-corrected chi connectivity index (χ4v) is 5.25. The lowest BCUT2D eigenvalue weighted by atomic mass is 9.61. The van der Waals surface area contributed by atoms with Crippen LogP contribution in [0.25, 0.3) is 0 Å². The molecule has 152 valence electrons. The minimum Gasteiger partial charge on any atom is -0.468 e. The van der Waals surface area contributed by atoms with E-state index in [0.29, 0.717) is 11.1 Å². The molecule has 0 heterocycles. The molecule has 2 aliphatic rings. The zero-order valence-electron chi connectivity index (χ0n) is 17.2. The van der Waals surface area contributed by atoms with Gasteiger partial charge in [-0.3, -0.25) is 14.4 Å². The molecule has 1 aromatic carbocycles. The molecule has 1 fully saturated rings. The maximum atomic E-state index is 13.2.